The van der Waals surface area contributed by atoms with Crippen molar-refractivity contribution < 1.29 is 0 Å². The summed E-state index contributed by atoms with van der Waals surface area (Å²) in [4.78, 5) is 17.0. The fraction of sp³-hybridized carbons (Fsp3) is 0.170. The first kappa shape index (κ1) is 62.9. The number of fused-ring (bicyclic) bond motifs is 6. The smallest absolute Gasteiger partial charge is 0.252 e. The Morgan fingerprint density at radius 2 is 0.535 bits per heavy atom. The number of anilines is 6. The lowest BCUT2D eigenvalue weighted by atomic mass is 9.33. The minimum atomic E-state index is -0.198. The summed E-state index contributed by atoms with van der Waals surface area (Å²) in [6.45, 7) is 27.6. The van der Waals surface area contributed by atoms with Crippen molar-refractivity contribution in [3.63, 3.8) is 0 Å². The highest BCUT2D eigenvalue weighted by atomic mass is 15.2. The Hall–Kier alpha value is -10.9. The van der Waals surface area contributed by atoms with E-state index in [9.17, 15) is 0 Å². The topological polar surface area (TPSA) is 32.3 Å². The van der Waals surface area contributed by atoms with Crippen LogP contribution in [0, 0.1) is 0 Å². The van der Waals surface area contributed by atoms with E-state index >= 15 is 0 Å². The molecule has 0 saturated heterocycles. The van der Waals surface area contributed by atoms with Gasteiger partial charge < -0.3 is 9.80 Å². The van der Waals surface area contributed by atoms with E-state index in [4.69, 9.17) is 9.97 Å². The molecule has 2 aliphatic heterocycles. The SMILES string of the molecule is CC(C)(C)c1cc(-c2cc(-c3cc4c5c(c3)N(c3cc(-c6ccccc6)cc(-c6ccccc6)c3)c3cc6ccccc6cc3B5c3cc5ccccc5cc3N4c3cc(-c4ccccc4)cc(-c4ccccc4)c3)nc(-c3cc(C(C)(C)C)cc(C(C)(C)C)c3)n2)cc(C(C)(C)C)c1. The molecule has 0 fully saturated rings. The van der Waals surface area contributed by atoms with Crippen LogP contribution < -0.4 is 26.2 Å². The Balaban J connectivity index is 1.08. The zero-order valence-electron chi connectivity index (χ0n) is 59.0. The molecular weight excluding hydrogens is 1200 g/mol. The van der Waals surface area contributed by atoms with Crippen molar-refractivity contribution in [2.24, 2.45) is 0 Å². The second-order valence-corrected chi connectivity index (χ2v) is 31.6. The van der Waals surface area contributed by atoms with E-state index in [2.05, 4.69) is 378 Å². The summed E-state index contributed by atoms with van der Waals surface area (Å²) in [6, 6.07) is 107. The van der Waals surface area contributed by atoms with E-state index in [0.29, 0.717) is 5.82 Å². The summed E-state index contributed by atoms with van der Waals surface area (Å²) in [6.07, 6.45) is 0. The summed E-state index contributed by atoms with van der Waals surface area (Å²) in [7, 11) is 0. The van der Waals surface area contributed by atoms with Crippen LogP contribution in [0.1, 0.15) is 105 Å². The Kier molecular flexibility index (Phi) is 15.2. The van der Waals surface area contributed by atoms with Crippen LogP contribution in [-0.4, -0.2) is 16.7 Å². The molecule has 14 aromatic rings. The van der Waals surface area contributed by atoms with Gasteiger partial charge in [-0.15, -0.1) is 0 Å². The van der Waals surface area contributed by atoms with Crippen molar-refractivity contribution in [2.75, 3.05) is 9.80 Å². The molecule has 0 aliphatic carbocycles. The quantitative estimate of drug-likeness (QED) is 0.135. The van der Waals surface area contributed by atoms with Gasteiger partial charge >= 0.3 is 0 Å². The predicted molar refractivity (Wildman–Crippen MR) is 424 cm³/mol. The van der Waals surface area contributed by atoms with Crippen molar-refractivity contribution in [1.82, 2.24) is 9.97 Å². The van der Waals surface area contributed by atoms with E-state index in [1.165, 1.54) is 60.2 Å². The van der Waals surface area contributed by atoms with Crippen LogP contribution in [0.2, 0.25) is 0 Å². The van der Waals surface area contributed by atoms with Gasteiger partial charge in [-0.2, -0.15) is 0 Å². The molecule has 0 spiro atoms. The van der Waals surface area contributed by atoms with E-state index in [1.807, 2.05) is 0 Å². The lowest BCUT2D eigenvalue weighted by molar-refractivity contribution is 0.568. The first-order chi connectivity index (χ1) is 47.5. The van der Waals surface area contributed by atoms with Crippen molar-refractivity contribution in [2.45, 2.75) is 105 Å². The Bertz CT molecular complexity index is 4960. The summed E-state index contributed by atoms with van der Waals surface area (Å²) >= 11 is 0. The van der Waals surface area contributed by atoms with Gasteiger partial charge in [-0.1, -0.05) is 277 Å². The minimum Gasteiger partial charge on any atom is -0.311 e. The highest BCUT2D eigenvalue weighted by Gasteiger charge is 2.45. The maximum absolute atomic E-state index is 5.98. The second kappa shape index (κ2) is 24.0. The fourth-order valence-electron chi connectivity index (χ4n) is 14.9. The lowest BCUT2D eigenvalue weighted by Crippen LogP contribution is -2.61. The van der Waals surface area contributed by atoms with Gasteiger partial charge in [0.05, 0.1) is 11.4 Å². The van der Waals surface area contributed by atoms with Gasteiger partial charge in [0.1, 0.15) is 0 Å². The first-order valence-corrected chi connectivity index (χ1v) is 35.1. The van der Waals surface area contributed by atoms with Gasteiger partial charge in [0.25, 0.3) is 6.71 Å². The Labute approximate surface area is 585 Å². The molecule has 0 radical (unpaired) electrons. The van der Waals surface area contributed by atoms with E-state index < -0.39 is 0 Å². The third-order valence-electron chi connectivity index (χ3n) is 20.5. The molecule has 5 heteroatoms. The van der Waals surface area contributed by atoms with E-state index in [1.54, 1.807) is 0 Å². The van der Waals surface area contributed by atoms with Gasteiger partial charge in [-0.25, -0.2) is 9.97 Å². The molecule has 16 rings (SSSR count). The molecule has 1 aromatic heterocycles. The average molecular weight is 1280 g/mol. The van der Waals surface area contributed by atoms with Gasteiger partial charge in [-0.05, 0) is 217 Å². The lowest BCUT2D eigenvalue weighted by Gasteiger charge is -2.45. The molecule has 0 amide bonds. The monoisotopic (exact) mass is 1280 g/mol. The van der Waals surface area contributed by atoms with Gasteiger partial charge in [0.2, 0.25) is 0 Å². The number of nitrogens with zero attached hydrogens (tertiary/aromatic N) is 4. The van der Waals surface area contributed by atoms with Gasteiger partial charge in [0.15, 0.2) is 5.82 Å². The van der Waals surface area contributed by atoms with E-state index in [0.717, 1.165) is 107 Å². The molecule has 99 heavy (non-hydrogen) atoms. The molecule has 482 valence electrons. The van der Waals surface area contributed by atoms with Crippen LogP contribution in [0.5, 0.6) is 0 Å². The van der Waals surface area contributed by atoms with E-state index in [-0.39, 0.29) is 28.4 Å². The zero-order chi connectivity index (χ0) is 68.3. The molecule has 0 bridgehead atoms. The standard InChI is InChI=1S/C94H83BN4/c1-91(2,3)75-43-72(44-76(57-75)92(4,5)6)83-59-84(97-90(96-83)74-45-77(93(7,8)9)58-78(46-74)94(10,11)12)73-55-87-89-88(56-73)99(80-49-70(62-33-21-15-22-34-62)42-71(50-80)63-35-23-16-24-36-63)86-54-67-40-28-26-38-65(67)52-82(86)95(89)81-51-64-37-25-27-39-66(64)53-85(81)98(87)79-47-68(60-29-17-13-18-30-60)41-69(48-79)61-31-19-14-20-32-61/h13-59H,1-12H3. The molecular formula is C94H83BN4. The van der Waals surface area contributed by atoms with Gasteiger partial charge in [-0.3, -0.25) is 0 Å². The van der Waals surface area contributed by atoms with Crippen molar-refractivity contribution >= 4 is 78.8 Å². The van der Waals surface area contributed by atoms with Crippen molar-refractivity contribution in [1.29, 1.82) is 0 Å². The van der Waals surface area contributed by atoms with Crippen LogP contribution in [0.3, 0.4) is 0 Å². The molecule has 2 aliphatic rings. The molecule has 0 N–H and O–H groups in total. The van der Waals surface area contributed by atoms with Crippen LogP contribution in [0.25, 0.3) is 100.0 Å². The fourth-order valence-corrected chi connectivity index (χ4v) is 14.9. The van der Waals surface area contributed by atoms with Crippen molar-refractivity contribution in [3.8, 4) is 78.4 Å². The number of aromatic nitrogens is 2. The maximum atomic E-state index is 5.98. The summed E-state index contributed by atoms with van der Waals surface area (Å²) < 4.78 is 0. The van der Waals surface area contributed by atoms with Crippen LogP contribution >= 0.6 is 0 Å². The number of hydrogen-bond acceptors (Lipinski definition) is 4. The predicted octanol–water partition coefficient (Wildman–Crippen LogP) is 23.7. The van der Waals surface area contributed by atoms with Crippen molar-refractivity contribution in [3.05, 3.63) is 307 Å². The normalized spacial score (nSPS) is 13.0. The molecule has 3 heterocycles. The van der Waals surface area contributed by atoms with Gasteiger partial charge in [0, 0.05) is 50.8 Å². The molecule has 0 unspecified atom stereocenters. The highest BCUT2D eigenvalue weighted by Crippen LogP contribution is 2.50. The number of rotatable bonds is 9. The number of hydrogen-bond donors (Lipinski definition) is 0. The second-order valence-electron chi connectivity index (χ2n) is 31.6. The third-order valence-corrected chi connectivity index (χ3v) is 20.5. The first-order valence-electron chi connectivity index (χ1n) is 35.1. The van der Waals surface area contributed by atoms with Crippen LogP contribution in [0.4, 0.5) is 34.1 Å². The molecule has 13 aromatic carbocycles. The third kappa shape index (κ3) is 11.8. The summed E-state index contributed by atoms with van der Waals surface area (Å²) in [5, 5.41) is 4.75. The molecule has 0 saturated carbocycles. The van der Waals surface area contributed by atoms with Crippen LogP contribution in [0.15, 0.2) is 285 Å². The largest absolute Gasteiger partial charge is 0.311 e. The Morgan fingerprint density at radius 1 is 0.242 bits per heavy atom. The Morgan fingerprint density at radius 3 is 0.859 bits per heavy atom. The zero-order valence-corrected chi connectivity index (χ0v) is 59.0. The summed E-state index contributed by atoms with van der Waals surface area (Å²) in [5.74, 6) is 0.690. The van der Waals surface area contributed by atoms with Crippen LogP contribution in [-0.2, 0) is 21.7 Å². The molecule has 4 nitrogen and oxygen atoms in total. The summed E-state index contributed by atoms with van der Waals surface area (Å²) in [5.41, 5.74) is 28.6. The maximum Gasteiger partial charge on any atom is 0.252 e. The average Bonchev–Trinajstić information content (AvgIpc) is 0.690. The number of benzene rings is 13. The molecule has 0 atom stereocenters. The highest BCUT2D eigenvalue weighted by molar-refractivity contribution is 7.00. The minimum absolute atomic E-state index is 0.137.